The van der Waals surface area contributed by atoms with Crippen LogP contribution in [0.4, 0.5) is 5.82 Å². The zero-order valence-electron chi connectivity index (χ0n) is 17.8. The van der Waals surface area contributed by atoms with E-state index in [0.717, 1.165) is 17.8 Å². The van der Waals surface area contributed by atoms with E-state index in [1.54, 1.807) is 12.1 Å². The number of carboxylic acids is 1. The molecule has 34 heavy (non-hydrogen) atoms. The van der Waals surface area contributed by atoms with Gasteiger partial charge in [0.15, 0.2) is 23.8 Å². The predicted molar refractivity (Wildman–Crippen MR) is 113 cm³/mol. The number of halogens is 1. The number of imidazole rings is 1. The molecule has 4 atom stereocenters. The Kier molecular flexibility index (Phi) is 6.11. The van der Waals surface area contributed by atoms with Gasteiger partial charge in [-0.15, -0.1) is 11.6 Å². The summed E-state index contributed by atoms with van der Waals surface area (Å²) in [5.41, 5.74) is -0.400. The number of anilines is 1. The Labute approximate surface area is 197 Å². The summed E-state index contributed by atoms with van der Waals surface area (Å²) in [7, 11) is 0. The maximum Gasteiger partial charge on any atom is 0.358 e. The minimum absolute atomic E-state index is 0.0943. The van der Waals surface area contributed by atoms with Gasteiger partial charge in [0.25, 0.3) is 11.8 Å². The standard InChI is InChI=1S/C21H18ClN3O9/c1-9(26)32-7-13-16(33-10(2)27)14(22)20(34-13)24-8-23-15(21(30)31)17(24)25-18(28)11-5-3-4-6-12(11)19(25)29/h3-6,8,13-14,16,20H,7H2,1-2H3,(H,30,31)/t13-,14+,16-,20-/m1/s1. The number of esters is 2. The van der Waals surface area contributed by atoms with Crippen molar-refractivity contribution < 1.29 is 43.3 Å². The summed E-state index contributed by atoms with van der Waals surface area (Å²) in [5.74, 6) is -4.65. The fourth-order valence-electron chi connectivity index (χ4n) is 3.88. The average molecular weight is 492 g/mol. The molecule has 2 aliphatic rings. The van der Waals surface area contributed by atoms with Crippen LogP contribution in [-0.4, -0.2) is 68.6 Å². The number of aromatic nitrogens is 2. The van der Waals surface area contributed by atoms with Crippen LogP contribution in [0.1, 0.15) is 51.3 Å². The first-order valence-corrected chi connectivity index (χ1v) is 10.4. The van der Waals surface area contributed by atoms with E-state index < -0.39 is 59.2 Å². The van der Waals surface area contributed by atoms with Crippen molar-refractivity contribution in [1.82, 2.24) is 9.55 Å². The van der Waals surface area contributed by atoms with E-state index in [1.165, 1.54) is 19.1 Å². The number of aromatic carboxylic acids is 1. The van der Waals surface area contributed by atoms with Gasteiger partial charge < -0.3 is 19.3 Å². The molecule has 0 spiro atoms. The number of alkyl halides is 1. The van der Waals surface area contributed by atoms with Crippen molar-refractivity contribution in [2.24, 2.45) is 0 Å². The van der Waals surface area contributed by atoms with Gasteiger partial charge >= 0.3 is 17.9 Å². The number of ether oxygens (including phenoxy) is 3. The first kappa shape index (κ1) is 23.4. The van der Waals surface area contributed by atoms with Gasteiger partial charge in [-0.05, 0) is 12.1 Å². The largest absolute Gasteiger partial charge is 0.476 e. The molecule has 2 aromatic rings. The highest BCUT2D eigenvalue weighted by atomic mass is 35.5. The number of nitrogens with zero attached hydrogens (tertiary/aromatic N) is 3. The highest BCUT2D eigenvalue weighted by Crippen LogP contribution is 2.40. The molecule has 1 saturated heterocycles. The first-order chi connectivity index (χ1) is 16.1. The normalized spacial score (nSPS) is 23.7. The van der Waals surface area contributed by atoms with Crippen LogP contribution in [0.5, 0.6) is 0 Å². The van der Waals surface area contributed by atoms with E-state index in [-0.39, 0.29) is 23.6 Å². The maximum absolute atomic E-state index is 13.1. The lowest BCUT2D eigenvalue weighted by Crippen LogP contribution is -2.36. The Morgan fingerprint density at radius 1 is 1.12 bits per heavy atom. The van der Waals surface area contributed by atoms with Crippen LogP contribution in [0.15, 0.2) is 30.6 Å². The zero-order valence-corrected chi connectivity index (χ0v) is 18.6. The number of benzene rings is 1. The summed E-state index contributed by atoms with van der Waals surface area (Å²) >= 11 is 6.54. The van der Waals surface area contributed by atoms with E-state index in [1.807, 2.05) is 0 Å². The van der Waals surface area contributed by atoms with Crippen molar-refractivity contribution in [3.63, 3.8) is 0 Å². The minimum Gasteiger partial charge on any atom is -0.476 e. The molecular weight excluding hydrogens is 474 g/mol. The molecule has 0 saturated carbocycles. The molecule has 2 amide bonds. The average Bonchev–Trinajstić information content (AvgIpc) is 3.40. The third kappa shape index (κ3) is 3.90. The van der Waals surface area contributed by atoms with Crippen LogP contribution in [0.2, 0.25) is 0 Å². The molecule has 0 radical (unpaired) electrons. The number of amides is 2. The number of hydrogen-bond acceptors (Lipinski definition) is 9. The van der Waals surface area contributed by atoms with Crippen LogP contribution in [0.3, 0.4) is 0 Å². The van der Waals surface area contributed by atoms with Crippen LogP contribution < -0.4 is 4.90 Å². The predicted octanol–water partition coefficient (Wildman–Crippen LogP) is 1.38. The zero-order chi connectivity index (χ0) is 24.7. The van der Waals surface area contributed by atoms with Crippen molar-refractivity contribution in [3.05, 3.63) is 47.4 Å². The van der Waals surface area contributed by atoms with Gasteiger partial charge in [-0.2, -0.15) is 0 Å². The van der Waals surface area contributed by atoms with E-state index in [2.05, 4.69) is 4.98 Å². The molecule has 12 nitrogen and oxygen atoms in total. The van der Waals surface area contributed by atoms with Gasteiger partial charge in [-0.25, -0.2) is 14.7 Å². The third-order valence-corrected chi connectivity index (χ3v) is 5.73. The molecule has 1 fully saturated rings. The smallest absolute Gasteiger partial charge is 0.358 e. The molecular formula is C21H18ClN3O9. The van der Waals surface area contributed by atoms with E-state index in [9.17, 15) is 29.1 Å². The van der Waals surface area contributed by atoms with Crippen molar-refractivity contribution in [2.75, 3.05) is 11.5 Å². The van der Waals surface area contributed by atoms with Crippen molar-refractivity contribution in [1.29, 1.82) is 0 Å². The van der Waals surface area contributed by atoms with Gasteiger partial charge in [-0.3, -0.25) is 23.7 Å². The lowest BCUT2D eigenvalue weighted by molar-refractivity contribution is -0.155. The Hall–Kier alpha value is -3.77. The van der Waals surface area contributed by atoms with Gasteiger partial charge in [-0.1, -0.05) is 12.1 Å². The van der Waals surface area contributed by atoms with Crippen molar-refractivity contribution in [2.45, 2.75) is 37.7 Å². The Morgan fingerprint density at radius 3 is 2.26 bits per heavy atom. The number of carbonyl (C=O) groups is 5. The second kappa shape index (κ2) is 8.88. The molecule has 1 N–H and O–H groups in total. The van der Waals surface area contributed by atoms with Crippen molar-refractivity contribution >= 4 is 47.1 Å². The summed E-state index contributed by atoms with van der Waals surface area (Å²) < 4.78 is 17.2. The number of imide groups is 1. The number of carboxylic acid groups (broad SMARTS) is 1. The van der Waals surface area contributed by atoms with Crippen LogP contribution >= 0.6 is 11.6 Å². The topological polar surface area (TPSA) is 154 Å². The molecule has 1 aromatic heterocycles. The van der Waals surface area contributed by atoms with Crippen LogP contribution in [0, 0.1) is 0 Å². The maximum atomic E-state index is 13.1. The summed E-state index contributed by atoms with van der Waals surface area (Å²) in [5, 5.41) is 8.56. The minimum atomic E-state index is -1.50. The highest BCUT2D eigenvalue weighted by Gasteiger charge is 2.50. The highest BCUT2D eigenvalue weighted by molar-refractivity contribution is 6.35. The van der Waals surface area contributed by atoms with Gasteiger partial charge in [0.05, 0.1) is 17.5 Å². The molecule has 178 valence electrons. The molecule has 13 heteroatoms. The molecule has 0 aliphatic carbocycles. The van der Waals surface area contributed by atoms with E-state index in [4.69, 9.17) is 25.8 Å². The first-order valence-electron chi connectivity index (χ1n) is 9.99. The van der Waals surface area contributed by atoms with Gasteiger partial charge in [0, 0.05) is 13.8 Å². The molecule has 3 heterocycles. The molecule has 1 aromatic carbocycles. The number of rotatable bonds is 6. The monoisotopic (exact) mass is 491 g/mol. The van der Waals surface area contributed by atoms with E-state index >= 15 is 0 Å². The summed E-state index contributed by atoms with van der Waals surface area (Å²) in [6.07, 6.45) is -2.27. The molecule has 2 aliphatic heterocycles. The SMILES string of the molecule is CC(=O)OC[C@H]1O[C@@H](n2cnc(C(=O)O)c2N2C(=O)c3ccccc3C2=O)[C@@H](Cl)[C@@H]1OC(C)=O. The van der Waals surface area contributed by atoms with Crippen molar-refractivity contribution in [3.8, 4) is 0 Å². The molecule has 0 bridgehead atoms. The Balaban J connectivity index is 1.77. The molecule has 0 unspecified atom stereocenters. The quantitative estimate of drug-likeness (QED) is 0.356. The van der Waals surface area contributed by atoms with E-state index in [0.29, 0.717) is 4.90 Å². The second-order valence-electron chi connectivity index (χ2n) is 7.51. The fourth-order valence-corrected chi connectivity index (χ4v) is 4.27. The lowest BCUT2D eigenvalue weighted by Gasteiger charge is -2.23. The number of carbonyl (C=O) groups excluding carboxylic acids is 4. The lowest BCUT2D eigenvalue weighted by atomic mass is 10.1. The molecule has 4 rings (SSSR count). The second-order valence-corrected chi connectivity index (χ2v) is 8.01. The summed E-state index contributed by atoms with van der Waals surface area (Å²) in [4.78, 5) is 65.4. The number of fused-ring (bicyclic) bond motifs is 1. The van der Waals surface area contributed by atoms with Crippen LogP contribution in [0.25, 0.3) is 0 Å². The van der Waals surface area contributed by atoms with Gasteiger partial charge in [0.1, 0.15) is 18.1 Å². The summed E-state index contributed by atoms with van der Waals surface area (Å²) in [6, 6.07) is 6.03. The van der Waals surface area contributed by atoms with Gasteiger partial charge in [0.2, 0.25) is 0 Å². The Bertz CT molecular complexity index is 1170. The van der Waals surface area contributed by atoms with Crippen LogP contribution in [-0.2, 0) is 23.8 Å². The fraction of sp³-hybridized carbons (Fsp3) is 0.333. The Morgan fingerprint density at radius 2 is 1.74 bits per heavy atom. The number of hydrogen-bond donors (Lipinski definition) is 1. The summed E-state index contributed by atoms with van der Waals surface area (Å²) in [6.45, 7) is 2.03. The third-order valence-electron chi connectivity index (χ3n) is 5.27.